The normalized spacial score (nSPS) is 11.8. The van der Waals surface area contributed by atoms with E-state index in [1.54, 1.807) is 0 Å². The quantitative estimate of drug-likeness (QED) is 0.650. The molecule has 0 bridgehead atoms. The predicted octanol–water partition coefficient (Wildman–Crippen LogP) is 3.01. The molecule has 0 nitrogen and oxygen atoms in total. The van der Waals surface area contributed by atoms with Crippen molar-refractivity contribution in [2.24, 2.45) is 0 Å². The topological polar surface area (TPSA) is 0 Å². The van der Waals surface area contributed by atoms with Crippen LogP contribution in [0.2, 0.25) is 0 Å². The number of rotatable bonds is 4. The van der Waals surface area contributed by atoms with Gasteiger partial charge >= 0.3 is 0 Å². The summed E-state index contributed by atoms with van der Waals surface area (Å²) in [6.45, 7) is 0. The van der Waals surface area contributed by atoms with Gasteiger partial charge in [-0.05, 0) is 35.9 Å². The summed E-state index contributed by atoms with van der Waals surface area (Å²) in [5.74, 6) is 0. The summed E-state index contributed by atoms with van der Waals surface area (Å²) < 4.78 is 1.52. The Labute approximate surface area is 121 Å². The zero-order valence-electron chi connectivity index (χ0n) is 10.3. The first-order valence-electron chi connectivity index (χ1n) is 6.13. The Kier molecular flexibility index (Phi) is 4.41. The molecule has 1 aromatic heterocycles. The van der Waals surface area contributed by atoms with Crippen LogP contribution in [0.15, 0.2) is 72.1 Å². The summed E-state index contributed by atoms with van der Waals surface area (Å²) in [5.41, 5.74) is 0. The van der Waals surface area contributed by atoms with E-state index in [1.807, 2.05) is 11.3 Å². The van der Waals surface area contributed by atoms with Crippen LogP contribution in [0.3, 0.4) is 0 Å². The van der Waals surface area contributed by atoms with Crippen LogP contribution in [0.5, 0.6) is 0 Å². The summed E-state index contributed by atoms with van der Waals surface area (Å²) in [6.07, 6.45) is 0. The van der Waals surface area contributed by atoms with Gasteiger partial charge in [-0.3, -0.25) is 0 Å². The van der Waals surface area contributed by atoms with Crippen molar-refractivity contribution in [2.75, 3.05) is 0 Å². The van der Waals surface area contributed by atoms with E-state index in [1.165, 1.54) is 20.5 Å². The molecule has 0 aliphatic heterocycles. The minimum absolute atomic E-state index is 0.769. The number of hydrogen-bond acceptors (Lipinski definition) is 1. The lowest BCUT2D eigenvalue weighted by Gasteiger charge is -2.05. The van der Waals surface area contributed by atoms with Gasteiger partial charge in [0.25, 0.3) is 0 Å². The van der Waals surface area contributed by atoms with Crippen LogP contribution in [0, 0.1) is 0 Å². The van der Waals surface area contributed by atoms with Crippen molar-refractivity contribution in [1.29, 1.82) is 0 Å². The molecule has 0 saturated carbocycles. The first-order chi connectivity index (χ1) is 9.42. The molecule has 2 aromatic carbocycles. The molecular weight excluding hydrogens is 286 g/mol. The Balaban J connectivity index is 1.79. The molecule has 3 aromatic rings. The highest BCUT2D eigenvalue weighted by atomic mass is 32.1. The highest BCUT2D eigenvalue weighted by molar-refractivity contribution is 7.67. The maximum absolute atomic E-state index is 2.28. The molecule has 0 aliphatic carbocycles. The zero-order chi connectivity index (χ0) is 12.9. The van der Waals surface area contributed by atoms with E-state index >= 15 is 0 Å². The molecule has 2 atom stereocenters. The van der Waals surface area contributed by atoms with Crippen molar-refractivity contribution in [3.63, 3.8) is 0 Å². The monoisotopic (exact) mass is 300 g/mol. The first-order valence-corrected chi connectivity index (χ1v) is 9.01. The van der Waals surface area contributed by atoms with Crippen LogP contribution >= 0.6 is 28.5 Å². The van der Waals surface area contributed by atoms with Crippen LogP contribution < -0.4 is 20.5 Å². The smallest absolute Gasteiger partial charge is 0.0369 e. The third-order valence-corrected chi connectivity index (χ3v) is 6.99. The lowest BCUT2D eigenvalue weighted by Crippen LogP contribution is -2.15. The van der Waals surface area contributed by atoms with Crippen molar-refractivity contribution < 1.29 is 0 Å². The Morgan fingerprint density at radius 2 is 1.21 bits per heavy atom. The molecule has 3 heteroatoms. The van der Waals surface area contributed by atoms with Gasteiger partial charge in [0, 0.05) is 4.62 Å². The predicted molar refractivity (Wildman–Crippen MR) is 92.4 cm³/mol. The van der Waals surface area contributed by atoms with Gasteiger partial charge in [0.2, 0.25) is 0 Å². The van der Waals surface area contributed by atoms with Gasteiger partial charge in [-0.15, -0.1) is 11.3 Å². The van der Waals surface area contributed by atoms with Gasteiger partial charge in [0.05, 0.1) is 0 Å². The largest absolute Gasteiger partial charge is 0.143 e. The fourth-order valence-corrected chi connectivity index (χ4v) is 5.78. The first kappa shape index (κ1) is 13.0. The van der Waals surface area contributed by atoms with Crippen LogP contribution in [0.25, 0.3) is 0 Å². The van der Waals surface area contributed by atoms with Crippen LogP contribution in [0.1, 0.15) is 0 Å². The number of benzene rings is 2. The zero-order valence-corrected chi connectivity index (χ0v) is 13.2. The molecule has 2 unspecified atom stereocenters. The average Bonchev–Trinajstić information content (AvgIpc) is 2.88. The molecule has 0 saturated heterocycles. The molecule has 0 aliphatic rings. The van der Waals surface area contributed by atoms with E-state index < -0.39 is 0 Å². The SMILES string of the molecule is c1ccc(Pc2ccsc2Pc2ccccc2)cc1. The van der Waals surface area contributed by atoms with E-state index in [0.29, 0.717) is 0 Å². The third kappa shape index (κ3) is 3.51. The highest BCUT2D eigenvalue weighted by Crippen LogP contribution is 2.19. The van der Waals surface area contributed by atoms with Gasteiger partial charge in [0.15, 0.2) is 0 Å². The molecule has 0 fully saturated rings. The van der Waals surface area contributed by atoms with E-state index in [2.05, 4.69) is 72.1 Å². The van der Waals surface area contributed by atoms with Crippen molar-refractivity contribution in [1.82, 2.24) is 0 Å². The fourth-order valence-electron chi connectivity index (χ4n) is 1.83. The third-order valence-electron chi connectivity index (χ3n) is 2.75. The van der Waals surface area contributed by atoms with Crippen LogP contribution in [0.4, 0.5) is 0 Å². The van der Waals surface area contributed by atoms with Crippen LogP contribution in [-0.4, -0.2) is 0 Å². The Bertz CT molecular complexity index is 576. The van der Waals surface area contributed by atoms with Gasteiger partial charge in [0.1, 0.15) is 0 Å². The average molecular weight is 300 g/mol. The van der Waals surface area contributed by atoms with Crippen LogP contribution in [-0.2, 0) is 0 Å². The van der Waals surface area contributed by atoms with E-state index in [9.17, 15) is 0 Å². The molecule has 0 spiro atoms. The van der Waals surface area contributed by atoms with E-state index in [0.717, 1.165) is 17.2 Å². The Morgan fingerprint density at radius 3 is 1.84 bits per heavy atom. The molecule has 1 heterocycles. The van der Waals surface area contributed by atoms with Crippen molar-refractivity contribution in [3.8, 4) is 0 Å². The molecule has 0 radical (unpaired) electrons. The number of thiophene rings is 1. The summed E-state index contributed by atoms with van der Waals surface area (Å²) in [7, 11) is 1.55. The molecular formula is C16H14P2S. The summed E-state index contributed by atoms with van der Waals surface area (Å²) >= 11 is 1.88. The maximum atomic E-state index is 2.28. The standard InChI is InChI=1S/C16H14P2S/c1-3-7-13(8-4-1)17-15-11-12-19-16(15)18-14-9-5-2-6-10-14/h1-12,17-18H. The lowest BCUT2D eigenvalue weighted by molar-refractivity contribution is 1.78. The minimum atomic E-state index is 0.769. The van der Waals surface area contributed by atoms with Crippen molar-refractivity contribution in [3.05, 3.63) is 72.1 Å². The summed E-state index contributed by atoms with van der Waals surface area (Å²) in [6, 6.07) is 23.8. The highest BCUT2D eigenvalue weighted by Gasteiger charge is 2.06. The van der Waals surface area contributed by atoms with E-state index in [-0.39, 0.29) is 0 Å². The van der Waals surface area contributed by atoms with Gasteiger partial charge < -0.3 is 0 Å². The second-order valence-electron chi connectivity index (χ2n) is 4.15. The van der Waals surface area contributed by atoms with E-state index in [4.69, 9.17) is 0 Å². The minimum Gasteiger partial charge on any atom is -0.143 e. The molecule has 3 rings (SSSR count). The maximum Gasteiger partial charge on any atom is 0.0369 e. The van der Waals surface area contributed by atoms with Gasteiger partial charge in [-0.25, -0.2) is 0 Å². The fraction of sp³-hybridized carbons (Fsp3) is 0. The molecule has 19 heavy (non-hydrogen) atoms. The second kappa shape index (κ2) is 6.44. The molecule has 94 valence electrons. The Hall–Kier alpha value is -1.00. The summed E-state index contributed by atoms with van der Waals surface area (Å²) in [5, 5.41) is 6.55. The summed E-state index contributed by atoms with van der Waals surface area (Å²) in [4.78, 5) is 0. The van der Waals surface area contributed by atoms with Gasteiger partial charge in [-0.1, -0.05) is 69.2 Å². The van der Waals surface area contributed by atoms with Gasteiger partial charge in [-0.2, -0.15) is 0 Å². The number of hydrogen-bond donors (Lipinski definition) is 0. The lowest BCUT2D eigenvalue weighted by atomic mass is 10.4. The Morgan fingerprint density at radius 1 is 0.632 bits per heavy atom. The molecule has 0 N–H and O–H groups in total. The van der Waals surface area contributed by atoms with Crippen molar-refractivity contribution >= 4 is 49.0 Å². The molecule has 0 amide bonds. The van der Waals surface area contributed by atoms with Crippen molar-refractivity contribution in [2.45, 2.75) is 0 Å². The second-order valence-corrected chi connectivity index (χ2v) is 8.12.